The molecule has 0 aromatic heterocycles. The first-order valence-electron chi connectivity index (χ1n) is 5.59. The van der Waals surface area contributed by atoms with Gasteiger partial charge in [0.2, 0.25) is 0 Å². The molecule has 1 unspecified atom stereocenters. The SMILES string of the molecule is CCCOCC(NC)c1ccc(C)cc1. The number of hydrogen-bond acceptors (Lipinski definition) is 2. The van der Waals surface area contributed by atoms with Crippen molar-refractivity contribution in [3.63, 3.8) is 0 Å². The fourth-order valence-electron chi connectivity index (χ4n) is 1.49. The van der Waals surface area contributed by atoms with Crippen LogP contribution in [-0.2, 0) is 4.74 Å². The van der Waals surface area contributed by atoms with Gasteiger partial charge in [0.25, 0.3) is 0 Å². The third kappa shape index (κ3) is 4.02. The van der Waals surface area contributed by atoms with Gasteiger partial charge in [-0.25, -0.2) is 0 Å². The first kappa shape index (κ1) is 12.2. The van der Waals surface area contributed by atoms with E-state index >= 15 is 0 Å². The Morgan fingerprint density at radius 3 is 2.47 bits per heavy atom. The molecule has 0 radical (unpaired) electrons. The van der Waals surface area contributed by atoms with Gasteiger partial charge in [-0.3, -0.25) is 0 Å². The van der Waals surface area contributed by atoms with Crippen molar-refractivity contribution in [2.75, 3.05) is 20.3 Å². The average Bonchev–Trinajstić information content (AvgIpc) is 2.26. The molecule has 2 nitrogen and oxygen atoms in total. The van der Waals surface area contributed by atoms with Crippen LogP contribution in [0.25, 0.3) is 0 Å². The van der Waals surface area contributed by atoms with Gasteiger partial charge < -0.3 is 10.1 Å². The molecule has 0 aliphatic rings. The van der Waals surface area contributed by atoms with Gasteiger partial charge in [-0.1, -0.05) is 36.8 Å². The third-order valence-corrected chi connectivity index (χ3v) is 2.46. The maximum Gasteiger partial charge on any atom is 0.0661 e. The monoisotopic (exact) mass is 207 g/mol. The molecule has 0 spiro atoms. The summed E-state index contributed by atoms with van der Waals surface area (Å²) in [5, 5.41) is 3.27. The highest BCUT2D eigenvalue weighted by atomic mass is 16.5. The lowest BCUT2D eigenvalue weighted by atomic mass is 10.1. The van der Waals surface area contributed by atoms with E-state index in [4.69, 9.17) is 4.74 Å². The maximum absolute atomic E-state index is 5.56. The lowest BCUT2D eigenvalue weighted by Crippen LogP contribution is -2.21. The maximum atomic E-state index is 5.56. The number of likely N-dealkylation sites (N-methyl/N-ethyl adjacent to an activating group) is 1. The molecule has 1 aromatic carbocycles. The molecule has 0 aliphatic carbocycles. The fraction of sp³-hybridized carbons (Fsp3) is 0.538. The predicted molar refractivity (Wildman–Crippen MR) is 64.1 cm³/mol. The second-order valence-corrected chi connectivity index (χ2v) is 3.83. The highest BCUT2D eigenvalue weighted by Crippen LogP contribution is 2.13. The quantitative estimate of drug-likeness (QED) is 0.724. The molecule has 0 bridgehead atoms. The number of benzene rings is 1. The summed E-state index contributed by atoms with van der Waals surface area (Å²) in [5.74, 6) is 0. The third-order valence-electron chi connectivity index (χ3n) is 2.46. The first-order valence-corrected chi connectivity index (χ1v) is 5.59. The van der Waals surface area contributed by atoms with Gasteiger partial charge in [-0.05, 0) is 26.0 Å². The van der Waals surface area contributed by atoms with Crippen LogP contribution in [0.15, 0.2) is 24.3 Å². The summed E-state index contributed by atoms with van der Waals surface area (Å²) in [6.07, 6.45) is 1.07. The van der Waals surface area contributed by atoms with E-state index in [-0.39, 0.29) is 0 Å². The zero-order valence-corrected chi connectivity index (χ0v) is 9.92. The molecule has 0 heterocycles. The zero-order chi connectivity index (χ0) is 11.1. The summed E-state index contributed by atoms with van der Waals surface area (Å²) < 4.78 is 5.56. The second kappa shape index (κ2) is 6.59. The van der Waals surface area contributed by atoms with Crippen molar-refractivity contribution in [1.29, 1.82) is 0 Å². The van der Waals surface area contributed by atoms with Crippen molar-refractivity contribution < 1.29 is 4.74 Å². The van der Waals surface area contributed by atoms with Crippen LogP contribution in [0.4, 0.5) is 0 Å². The Labute approximate surface area is 92.6 Å². The topological polar surface area (TPSA) is 21.3 Å². The van der Waals surface area contributed by atoms with Crippen molar-refractivity contribution >= 4 is 0 Å². The second-order valence-electron chi connectivity index (χ2n) is 3.83. The molecule has 2 heteroatoms. The Bertz CT molecular complexity index is 268. The van der Waals surface area contributed by atoms with Gasteiger partial charge in [0, 0.05) is 6.61 Å². The van der Waals surface area contributed by atoms with Crippen LogP contribution in [0.1, 0.15) is 30.5 Å². The van der Waals surface area contributed by atoms with Crippen LogP contribution < -0.4 is 5.32 Å². The number of ether oxygens (including phenoxy) is 1. The summed E-state index contributed by atoms with van der Waals surface area (Å²) in [7, 11) is 1.97. The average molecular weight is 207 g/mol. The summed E-state index contributed by atoms with van der Waals surface area (Å²) in [4.78, 5) is 0. The molecule has 1 atom stereocenters. The van der Waals surface area contributed by atoms with Crippen molar-refractivity contribution in [3.05, 3.63) is 35.4 Å². The van der Waals surface area contributed by atoms with Crippen molar-refractivity contribution in [2.45, 2.75) is 26.3 Å². The van der Waals surface area contributed by atoms with Gasteiger partial charge in [0.15, 0.2) is 0 Å². The van der Waals surface area contributed by atoms with Gasteiger partial charge >= 0.3 is 0 Å². The molecule has 15 heavy (non-hydrogen) atoms. The molecule has 1 N–H and O–H groups in total. The number of hydrogen-bond donors (Lipinski definition) is 1. The molecule has 0 aliphatic heterocycles. The molecule has 0 saturated carbocycles. The summed E-state index contributed by atoms with van der Waals surface area (Å²) in [5.41, 5.74) is 2.59. The highest BCUT2D eigenvalue weighted by Gasteiger charge is 2.08. The van der Waals surface area contributed by atoms with Crippen LogP contribution in [0.2, 0.25) is 0 Å². The van der Waals surface area contributed by atoms with Gasteiger partial charge in [-0.2, -0.15) is 0 Å². The molecule has 1 rings (SSSR count). The lowest BCUT2D eigenvalue weighted by Gasteiger charge is -2.16. The van der Waals surface area contributed by atoms with Crippen molar-refractivity contribution in [1.82, 2.24) is 5.32 Å². The highest BCUT2D eigenvalue weighted by molar-refractivity contribution is 5.24. The Hall–Kier alpha value is -0.860. The molecular formula is C13H21NO. The van der Waals surface area contributed by atoms with Crippen molar-refractivity contribution in [3.8, 4) is 0 Å². The van der Waals surface area contributed by atoms with Crippen LogP contribution in [0, 0.1) is 6.92 Å². The summed E-state index contributed by atoms with van der Waals surface area (Å²) in [6, 6.07) is 8.90. The summed E-state index contributed by atoms with van der Waals surface area (Å²) >= 11 is 0. The van der Waals surface area contributed by atoms with Crippen LogP contribution >= 0.6 is 0 Å². The van der Waals surface area contributed by atoms with Crippen LogP contribution in [0.5, 0.6) is 0 Å². The normalized spacial score (nSPS) is 12.7. The van der Waals surface area contributed by atoms with E-state index in [2.05, 4.69) is 43.4 Å². The minimum Gasteiger partial charge on any atom is -0.379 e. The molecule has 1 aromatic rings. The number of rotatable bonds is 6. The van der Waals surface area contributed by atoms with E-state index in [0.717, 1.165) is 19.6 Å². The molecule has 84 valence electrons. The Morgan fingerprint density at radius 1 is 1.27 bits per heavy atom. The molecule has 0 saturated heterocycles. The van der Waals surface area contributed by atoms with E-state index in [0.29, 0.717) is 6.04 Å². The first-order chi connectivity index (χ1) is 7.27. The summed E-state index contributed by atoms with van der Waals surface area (Å²) in [6.45, 7) is 5.81. The van der Waals surface area contributed by atoms with Gasteiger partial charge in [0.1, 0.15) is 0 Å². The smallest absolute Gasteiger partial charge is 0.0661 e. The Balaban J connectivity index is 2.53. The minimum atomic E-state index is 0.303. The Morgan fingerprint density at radius 2 is 1.93 bits per heavy atom. The van der Waals surface area contributed by atoms with Crippen LogP contribution in [-0.4, -0.2) is 20.3 Å². The lowest BCUT2D eigenvalue weighted by molar-refractivity contribution is 0.114. The largest absolute Gasteiger partial charge is 0.379 e. The molecular weight excluding hydrogens is 186 g/mol. The van der Waals surface area contributed by atoms with Crippen LogP contribution in [0.3, 0.4) is 0 Å². The minimum absolute atomic E-state index is 0.303. The van der Waals surface area contributed by atoms with E-state index in [9.17, 15) is 0 Å². The van der Waals surface area contributed by atoms with Gasteiger partial charge in [-0.15, -0.1) is 0 Å². The van der Waals surface area contributed by atoms with Gasteiger partial charge in [0.05, 0.1) is 12.6 Å². The van der Waals surface area contributed by atoms with Crippen molar-refractivity contribution in [2.24, 2.45) is 0 Å². The molecule has 0 amide bonds. The molecule has 0 fully saturated rings. The van der Waals surface area contributed by atoms with E-state index in [1.54, 1.807) is 0 Å². The Kier molecular flexibility index (Phi) is 5.37. The number of nitrogens with one attached hydrogen (secondary N) is 1. The zero-order valence-electron chi connectivity index (χ0n) is 9.92. The standard InChI is InChI=1S/C13H21NO/c1-4-9-15-10-13(14-3)12-7-5-11(2)6-8-12/h5-8,13-14H,4,9-10H2,1-3H3. The fourth-order valence-corrected chi connectivity index (χ4v) is 1.49. The number of aryl methyl sites for hydroxylation is 1. The predicted octanol–water partition coefficient (Wildman–Crippen LogP) is 2.68. The van der Waals surface area contributed by atoms with E-state index < -0.39 is 0 Å². The van der Waals surface area contributed by atoms with E-state index in [1.165, 1.54) is 11.1 Å². The van der Waals surface area contributed by atoms with E-state index in [1.807, 2.05) is 7.05 Å².